The van der Waals surface area contributed by atoms with Gasteiger partial charge >= 0.3 is 5.69 Å². The molecule has 1 N–H and O–H groups in total. The van der Waals surface area contributed by atoms with Gasteiger partial charge in [0.2, 0.25) is 5.78 Å². The van der Waals surface area contributed by atoms with Gasteiger partial charge in [0.05, 0.1) is 0 Å². The molecule has 4 rings (SSSR count). The van der Waals surface area contributed by atoms with Crippen LogP contribution in [0.2, 0.25) is 0 Å². The molecular formula is C18H26N6O2. The van der Waals surface area contributed by atoms with Crippen molar-refractivity contribution in [1.82, 2.24) is 28.4 Å². The standard InChI is InChI=1S/C18H26N6O2/c1-12-13(2)24-14-15(21(3)18(26)20-16(14)25)19-17(24)23(12)11-10-22-8-6-4-5-7-9-22/h4-11H2,1-3H3,(H,20,25,26). The van der Waals surface area contributed by atoms with Crippen LogP contribution < -0.4 is 11.2 Å². The highest BCUT2D eigenvalue weighted by molar-refractivity contribution is 5.76. The molecule has 0 spiro atoms. The highest BCUT2D eigenvalue weighted by atomic mass is 16.2. The smallest absolute Gasteiger partial charge is 0.313 e. The molecule has 1 saturated heterocycles. The molecule has 0 bridgehead atoms. The summed E-state index contributed by atoms with van der Waals surface area (Å²) in [5, 5.41) is 0. The Hall–Kier alpha value is -2.35. The number of hydrogen-bond donors (Lipinski definition) is 1. The van der Waals surface area contributed by atoms with Gasteiger partial charge in [0.1, 0.15) is 0 Å². The fourth-order valence-corrected chi connectivity index (χ4v) is 4.05. The minimum atomic E-state index is -0.436. The van der Waals surface area contributed by atoms with Gasteiger partial charge in [0.15, 0.2) is 11.2 Å². The summed E-state index contributed by atoms with van der Waals surface area (Å²) in [5.74, 6) is 0.733. The first kappa shape index (κ1) is 17.1. The van der Waals surface area contributed by atoms with Gasteiger partial charge < -0.3 is 9.47 Å². The fourth-order valence-electron chi connectivity index (χ4n) is 4.05. The molecule has 0 amide bonds. The van der Waals surface area contributed by atoms with E-state index in [0.717, 1.165) is 43.3 Å². The fraction of sp³-hybridized carbons (Fsp3) is 0.611. The lowest BCUT2D eigenvalue weighted by Gasteiger charge is -2.20. The number of likely N-dealkylation sites (tertiary alicyclic amines) is 1. The molecule has 1 aliphatic heterocycles. The minimum absolute atomic E-state index is 0.386. The molecule has 0 saturated carbocycles. The van der Waals surface area contributed by atoms with Crippen LogP contribution >= 0.6 is 0 Å². The SMILES string of the molecule is Cc1c(C)n2c3c(=O)[nH]c(=O)n(C)c3nc2n1CCN1CCCCCC1. The van der Waals surface area contributed by atoms with Gasteiger partial charge in [-0.25, -0.2) is 4.79 Å². The van der Waals surface area contributed by atoms with E-state index in [1.165, 1.54) is 30.3 Å². The average molecular weight is 358 g/mol. The first-order chi connectivity index (χ1) is 12.5. The monoisotopic (exact) mass is 358 g/mol. The molecule has 0 unspecified atom stereocenters. The van der Waals surface area contributed by atoms with Crippen molar-refractivity contribution < 1.29 is 0 Å². The average Bonchev–Trinajstić information content (AvgIpc) is 2.95. The third-order valence-electron chi connectivity index (χ3n) is 5.74. The third kappa shape index (κ3) is 2.59. The van der Waals surface area contributed by atoms with E-state index in [1.807, 2.05) is 11.3 Å². The lowest BCUT2D eigenvalue weighted by atomic mass is 10.2. The Morgan fingerprint density at radius 1 is 1.00 bits per heavy atom. The van der Waals surface area contributed by atoms with Crippen LogP contribution in [0.15, 0.2) is 9.59 Å². The summed E-state index contributed by atoms with van der Waals surface area (Å²) in [6.07, 6.45) is 5.18. The van der Waals surface area contributed by atoms with E-state index in [2.05, 4.69) is 26.4 Å². The number of nitrogens with one attached hydrogen (secondary N) is 1. The van der Waals surface area contributed by atoms with E-state index >= 15 is 0 Å². The van der Waals surface area contributed by atoms with Crippen LogP contribution in [0, 0.1) is 13.8 Å². The Balaban J connectivity index is 1.80. The van der Waals surface area contributed by atoms with Crippen molar-refractivity contribution in [2.75, 3.05) is 19.6 Å². The van der Waals surface area contributed by atoms with Crippen molar-refractivity contribution in [3.05, 3.63) is 32.2 Å². The van der Waals surface area contributed by atoms with Crippen molar-refractivity contribution in [3.63, 3.8) is 0 Å². The summed E-state index contributed by atoms with van der Waals surface area (Å²) in [5.41, 5.74) is 2.15. The van der Waals surface area contributed by atoms with Crippen LogP contribution in [0.1, 0.15) is 37.1 Å². The number of aryl methyl sites for hydroxylation is 2. The maximum absolute atomic E-state index is 12.4. The van der Waals surface area contributed by atoms with Crippen LogP contribution in [0.5, 0.6) is 0 Å². The molecular weight excluding hydrogens is 332 g/mol. The largest absolute Gasteiger partial charge is 0.329 e. The van der Waals surface area contributed by atoms with Gasteiger partial charge in [-0.15, -0.1) is 0 Å². The third-order valence-corrected chi connectivity index (χ3v) is 5.74. The quantitative estimate of drug-likeness (QED) is 0.762. The molecule has 0 aliphatic carbocycles. The maximum atomic E-state index is 12.4. The zero-order chi connectivity index (χ0) is 18.4. The lowest BCUT2D eigenvalue weighted by Crippen LogP contribution is -2.29. The molecule has 4 heterocycles. The Morgan fingerprint density at radius 2 is 1.69 bits per heavy atom. The summed E-state index contributed by atoms with van der Waals surface area (Å²) in [6, 6.07) is 0. The molecule has 1 aliphatic rings. The molecule has 3 aromatic rings. The molecule has 3 aromatic heterocycles. The summed E-state index contributed by atoms with van der Waals surface area (Å²) in [6.45, 7) is 8.17. The van der Waals surface area contributed by atoms with Crippen LogP contribution in [-0.2, 0) is 13.6 Å². The molecule has 0 aromatic carbocycles. The van der Waals surface area contributed by atoms with E-state index in [1.54, 1.807) is 7.05 Å². The minimum Gasteiger partial charge on any atom is -0.313 e. The number of rotatable bonds is 3. The number of H-pyrrole nitrogens is 1. The molecule has 0 radical (unpaired) electrons. The summed E-state index contributed by atoms with van der Waals surface area (Å²) in [7, 11) is 1.64. The second-order valence-electron chi connectivity index (χ2n) is 7.32. The Morgan fingerprint density at radius 3 is 2.38 bits per heavy atom. The highest BCUT2D eigenvalue weighted by Crippen LogP contribution is 2.20. The lowest BCUT2D eigenvalue weighted by molar-refractivity contribution is 0.273. The second kappa shape index (κ2) is 6.42. The van der Waals surface area contributed by atoms with Crippen LogP contribution in [0.3, 0.4) is 0 Å². The maximum Gasteiger partial charge on any atom is 0.329 e. The Labute approximate surface area is 151 Å². The van der Waals surface area contributed by atoms with Crippen molar-refractivity contribution in [1.29, 1.82) is 0 Å². The molecule has 0 atom stereocenters. The van der Waals surface area contributed by atoms with Gasteiger partial charge in [-0.2, -0.15) is 4.98 Å². The first-order valence-electron chi connectivity index (χ1n) is 9.38. The van der Waals surface area contributed by atoms with Crippen LogP contribution in [0.4, 0.5) is 0 Å². The van der Waals surface area contributed by atoms with E-state index in [9.17, 15) is 9.59 Å². The van der Waals surface area contributed by atoms with Crippen LogP contribution in [-0.4, -0.2) is 48.0 Å². The Bertz CT molecular complexity index is 1080. The van der Waals surface area contributed by atoms with Crippen LogP contribution in [0.25, 0.3) is 16.9 Å². The first-order valence-corrected chi connectivity index (χ1v) is 9.38. The number of aromatic amines is 1. The summed E-state index contributed by atoms with van der Waals surface area (Å²) >= 11 is 0. The predicted octanol–water partition coefficient (Wildman–Crippen LogP) is 1.17. The van der Waals surface area contributed by atoms with Crippen molar-refractivity contribution in [2.24, 2.45) is 7.05 Å². The zero-order valence-corrected chi connectivity index (χ0v) is 15.7. The topological polar surface area (TPSA) is 80.3 Å². The van der Waals surface area contributed by atoms with Crippen molar-refractivity contribution >= 4 is 16.9 Å². The highest BCUT2D eigenvalue weighted by Gasteiger charge is 2.20. The van der Waals surface area contributed by atoms with Gasteiger partial charge in [-0.05, 0) is 39.8 Å². The summed E-state index contributed by atoms with van der Waals surface area (Å²) < 4.78 is 5.45. The van der Waals surface area contributed by atoms with E-state index < -0.39 is 5.69 Å². The van der Waals surface area contributed by atoms with E-state index in [-0.39, 0.29) is 5.56 Å². The van der Waals surface area contributed by atoms with Gasteiger partial charge in [-0.3, -0.25) is 18.7 Å². The van der Waals surface area contributed by atoms with Gasteiger partial charge in [0, 0.05) is 31.5 Å². The molecule has 1 fully saturated rings. The molecule has 8 heteroatoms. The predicted molar refractivity (Wildman–Crippen MR) is 101 cm³/mol. The number of fused-ring (bicyclic) bond motifs is 3. The zero-order valence-electron chi connectivity index (χ0n) is 15.7. The second-order valence-corrected chi connectivity index (χ2v) is 7.32. The van der Waals surface area contributed by atoms with Crippen molar-refractivity contribution in [2.45, 2.75) is 46.1 Å². The number of aromatic nitrogens is 5. The number of nitrogens with zero attached hydrogens (tertiary/aromatic N) is 5. The van der Waals surface area contributed by atoms with Crippen molar-refractivity contribution in [3.8, 4) is 0 Å². The molecule has 8 nitrogen and oxygen atoms in total. The summed E-state index contributed by atoms with van der Waals surface area (Å²) in [4.78, 5) is 33.8. The Kier molecular flexibility index (Phi) is 4.22. The molecule has 140 valence electrons. The molecule has 26 heavy (non-hydrogen) atoms. The van der Waals surface area contributed by atoms with E-state index in [4.69, 9.17) is 0 Å². The van der Waals surface area contributed by atoms with Gasteiger partial charge in [0.25, 0.3) is 5.56 Å². The normalized spacial score (nSPS) is 16.6. The number of hydrogen-bond acceptors (Lipinski definition) is 4. The van der Waals surface area contributed by atoms with E-state index in [0.29, 0.717) is 11.2 Å². The van der Waals surface area contributed by atoms with Gasteiger partial charge in [-0.1, -0.05) is 12.8 Å². The number of imidazole rings is 2.